The smallest absolute Gasteiger partial charge is 0.0434 e. The highest BCUT2D eigenvalue weighted by Gasteiger charge is 1.91. The number of nitrogens with two attached hydrogens (primary N) is 1. The first-order valence-electron chi connectivity index (χ1n) is 3.54. The third kappa shape index (κ3) is 2.04. The lowest BCUT2D eigenvalue weighted by Gasteiger charge is -1.95. The van der Waals surface area contributed by atoms with E-state index in [2.05, 4.69) is 9.98 Å². The first kappa shape index (κ1) is 7.72. The predicted molar refractivity (Wildman–Crippen MR) is 46.8 cm³/mol. The van der Waals surface area contributed by atoms with Crippen LogP contribution < -0.4 is 5.73 Å². The van der Waals surface area contributed by atoms with Crippen LogP contribution in [0, 0.1) is 0 Å². The van der Waals surface area contributed by atoms with E-state index in [9.17, 15) is 0 Å². The van der Waals surface area contributed by atoms with Gasteiger partial charge in [-0.25, -0.2) is 0 Å². The topological polar surface area (TPSA) is 51.3 Å². The first-order valence-corrected chi connectivity index (χ1v) is 3.54. The summed E-state index contributed by atoms with van der Waals surface area (Å²) in [6.45, 7) is 2.75. The van der Waals surface area contributed by atoms with Gasteiger partial charge < -0.3 is 5.73 Å². The number of rotatable bonds is 2. The number of nitrogen functional groups attached to an aromatic ring is 1. The molecule has 0 radical (unpaired) electrons. The van der Waals surface area contributed by atoms with Crippen molar-refractivity contribution in [2.45, 2.75) is 6.92 Å². The third-order valence-electron chi connectivity index (χ3n) is 1.30. The fourth-order valence-corrected chi connectivity index (χ4v) is 0.715. The monoisotopic (exact) mass is 149 g/mol. The standard InChI is InChI=1S/C8H11N3/c1-2-10-5-7-6-11-4-3-8(7)9/h3-6H,2H2,1H3,(H2,9,11)/b10-5-. The molecule has 58 valence electrons. The SMILES string of the molecule is CC/N=C\c1cnccc1N. The zero-order chi connectivity index (χ0) is 8.10. The van der Waals surface area contributed by atoms with Gasteiger partial charge in [-0.15, -0.1) is 0 Å². The number of anilines is 1. The Kier molecular flexibility index (Phi) is 2.60. The second kappa shape index (κ2) is 3.71. The van der Waals surface area contributed by atoms with E-state index in [-0.39, 0.29) is 0 Å². The van der Waals surface area contributed by atoms with Gasteiger partial charge in [-0.3, -0.25) is 9.98 Å². The average molecular weight is 149 g/mol. The minimum absolute atomic E-state index is 0.720. The Bertz CT molecular complexity index is 255. The summed E-state index contributed by atoms with van der Waals surface area (Å²) in [5.41, 5.74) is 7.23. The van der Waals surface area contributed by atoms with Crippen molar-refractivity contribution >= 4 is 11.9 Å². The van der Waals surface area contributed by atoms with Crippen LogP contribution in [-0.4, -0.2) is 17.7 Å². The average Bonchev–Trinajstić information content (AvgIpc) is 2.03. The van der Waals surface area contributed by atoms with Crippen LogP contribution in [0.25, 0.3) is 0 Å². The summed E-state index contributed by atoms with van der Waals surface area (Å²) in [7, 11) is 0. The van der Waals surface area contributed by atoms with E-state index >= 15 is 0 Å². The zero-order valence-electron chi connectivity index (χ0n) is 6.49. The number of hydrogen-bond acceptors (Lipinski definition) is 3. The van der Waals surface area contributed by atoms with Crippen molar-refractivity contribution in [1.82, 2.24) is 4.98 Å². The molecule has 11 heavy (non-hydrogen) atoms. The number of pyridine rings is 1. The van der Waals surface area contributed by atoms with Crippen molar-refractivity contribution in [2.24, 2.45) is 4.99 Å². The summed E-state index contributed by atoms with van der Waals surface area (Å²) in [5.74, 6) is 0. The van der Waals surface area contributed by atoms with Crippen molar-refractivity contribution in [2.75, 3.05) is 12.3 Å². The van der Waals surface area contributed by atoms with Gasteiger partial charge in [0, 0.05) is 36.4 Å². The molecule has 0 spiro atoms. The van der Waals surface area contributed by atoms with Crippen LogP contribution in [0.15, 0.2) is 23.5 Å². The molecule has 3 nitrogen and oxygen atoms in total. The largest absolute Gasteiger partial charge is 0.398 e. The van der Waals surface area contributed by atoms with Gasteiger partial charge in [0.25, 0.3) is 0 Å². The molecule has 3 heteroatoms. The van der Waals surface area contributed by atoms with Crippen molar-refractivity contribution in [3.8, 4) is 0 Å². The van der Waals surface area contributed by atoms with E-state index in [1.165, 1.54) is 0 Å². The summed E-state index contributed by atoms with van der Waals surface area (Å²) < 4.78 is 0. The zero-order valence-corrected chi connectivity index (χ0v) is 6.49. The summed E-state index contributed by atoms with van der Waals surface area (Å²) in [6, 6.07) is 1.76. The van der Waals surface area contributed by atoms with Crippen molar-refractivity contribution in [3.63, 3.8) is 0 Å². The van der Waals surface area contributed by atoms with Crippen LogP contribution in [-0.2, 0) is 0 Å². The Hall–Kier alpha value is -1.38. The molecule has 1 rings (SSSR count). The lowest BCUT2D eigenvalue weighted by Crippen LogP contribution is -1.93. The van der Waals surface area contributed by atoms with Gasteiger partial charge in [-0.1, -0.05) is 0 Å². The second-order valence-electron chi connectivity index (χ2n) is 2.13. The lowest BCUT2D eigenvalue weighted by atomic mass is 10.2. The van der Waals surface area contributed by atoms with Gasteiger partial charge in [0.05, 0.1) is 0 Å². The Balaban J connectivity index is 2.86. The highest BCUT2D eigenvalue weighted by molar-refractivity contribution is 5.86. The van der Waals surface area contributed by atoms with E-state index in [0.29, 0.717) is 0 Å². The predicted octanol–water partition coefficient (Wildman–Crippen LogP) is 1.10. The third-order valence-corrected chi connectivity index (χ3v) is 1.30. The second-order valence-corrected chi connectivity index (χ2v) is 2.13. The van der Waals surface area contributed by atoms with E-state index in [4.69, 9.17) is 5.73 Å². The molecule has 0 bridgehead atoms. The number of nitrogens with zero attached hydrogens (tertiary/aromatic N) is 2. The molecule has 0 aliphatic heterocycles. The Morgan fingerprint density at radius 2 is 2.55 bits per heavy atom. The van der Waals surface area contributed by atoms with Crippen LogP contribution in [0.1, 0.15) is 12.5 Å². The van der Waals surface area contributed by atoms with Crippen LogP contribution in [0.4, 0.5) is 5.69 Å². The fraction of sp³-hybridized carbons (Fsp3) is 0.250. The number of aromatic nitrogens is 1. The summed E-state index contributed by atoms with van der Waals surface area (Å²) in [6.07, 6.45) is 5.11. The molecule has 0 amide bonds. The van der Waals surface area contributed by atoms with E-state index in [0.717, 1.165) is 17.8 Å². The molecule has 0 unspecified atom stereocenters. The highest BCUT2D eigenvalue weighted by Crippen LogP contribution is 2.04. The van der Waals surface area contributed by atoms with Gasteiger partial charge in [-0.05, 0) is 13.0 Å². The van der Waals surface area contributed by atoms with Gasteiger partial charge in [0.2, 0.25) is 0 Å². The van der Waals surface area contributed by atoms with Crippen LogP contribution in [0.5, 0.6) is 0 Å². The van der Waals surface area contributed by atoms with Crippen LogP contribution in [0.3, 0.4) is 0 Å². The summed E-state index contributed by atoms with van der Waals surface area (Å²) in [5, 5.41) is 0. The quantitative estimate of drug-likeness (QED) is 0.640. The maximum absolute atomic E-state index is 5.63. The minimum Gasteiger partial charge on any atom is -0.398 e. The van der Waals surface area contributed by atoms with Gasteiger partial charge in [-0.2, -0.15) is 0 Å². The first-order chi connectivity index (χ1) is 5.34. The molecule has 0 saturated carbocycles. The van der Waals surface area contributed by atoms with Gasteiger partial charge >= 0.3 is 0 Å². The van der Waals surface area contributed by atoms with Crippen molar-refractivity contribution in [3.05, 3.63) is 24.0 Å². The van der Waals surface area contributed by atoms with E-state index in [1.54, 1.807) is 24.7 Å². The van der Waals surface area contributed by atoms with Crippen molar-refractivity contribution in [1.29, 1.82) is 0 Å². The molecule has 1 heterocycles. The van der Waals surface area contributed by atoms with Crippen LogP contribution in [0.2, 0.25) is 0 Å². The molecule has 1 aromatic heterocycles. The molecule has 1 aromatic rings. The number of aliphatic imine (C=N–C) groups is 1. The molecular weight excluding hydrogens is 138 g/mol. The molecule has 0 aromatic carbocycles. The lowest BCUT2D eigenvalue weighted by molar-refractivity contribution is 1.14. The fourth-order valence-electron chi connectivity index (χ4n) is 0.715. The molecular formula is C8H11N3. The van der Waals surface area contributed by atoms with Crippen LogP contribution >= 0.6 is 0 Å². The molecule has 0 saturated heterocycles. The van der Waals surface area contributed by atoms with Crippen molar-refractivity contribution < 1.29 is 0 Å². The molecule has 0 fully saturated rings. The maximum Gasteiger partial charge on any atom is 0.0434 e. The Labute approximate surface area is 66.0 Å². The Morgan fingerprint density at radius 3 is 3.18 bits per heavy atom. The summed E-state index contributed by atoms with van der Waals surface area (Å²) >= 11 is 0. The van der Waals surface area contributed by atoms with Gasteiger partial charge in [0.15, 0.2) is 0 Å². The molecule has 0 atom stereocenters. The Morgan fingerprint density at radius 1 is 1.73 bits per heavy atom. The van der Waals surface area contributed by atoms with Gasteiger partial charge in [0.1, 0.15) is 0 Å². The molecule has 0 aliphatic carbocycles. The number of hydrogen-bond donors (Lipinski definition) is 1. The molecule has 2 N–H and O–H groups in total. The van der Waals surface area contributed by atoms with E-state index < -0.39 is 0 Å². The minimum atomic E-state index is 0.720. The highest BCUT2D eigenvalue weighted by atomic mass is 14.7. The normalized spacial score (nSPS) is 10.6. The molecule has 0 aliphatic rings. The summed E-state index contributed by atoms with van der Waals surface area (Å²) in [4.78, 5) is 7.99. The van der Waals surface area contributed by atoms with E-state index in [1.807, 2.05) is 6.92 Å². The maximum atomic E-state index is 5.63.